The molecule has 10 nitrogen and oxygen atoms in total. The van der Waals surface area contributed by atoms with Gasteiger partial charge < -0.3 is 24.7 Å². The Balaban J connectivity index is 1.31. The lowest BCUT2D eigenvalue weighted by Gasteiger charge is -2.33. The number of hydrogen-bond donors (Lipinski definition) is 2. The van der Waals surface area contributed by atoms with Gasteiger partial charge in [0.25, 0.3) is 5.91 Å². The van der Waals surface area contributed by atoms with Crippen molar-refractivity contribution in [3.63, 3.8) is 0 Å². The molecule has 11 heteroatoms. The summed E-state index contributed by atoms with van der Waals surface area (Å²) in [6, 6.07) is 13.7. The molecule has 2 aromatic carbocycles. The highest BCUT2D eigenvalue weighted by Crippen LogP contribution is 2.29. The first-order valence-corrected chi connectivity index (χ1v) is 15.1. The van der Waals surface area contributed by atoms with Crippen molar-refractivity contribution in [2.24, 2.45) is 0 Å². The summed E-state index contributed by atoms with van der Waals surface area (Å²) >= 11 is 1.34. The number of hydrogen-bond acceptors (Lipinski definition) is 8. The first kappa shape index (κ1) is 30.2. The average Bonchev–Trinajstić information content (AvgIpc) is 3.62. The molecular formula is C32H38N6O4S. The fraction of sp³-hybridized carbons (Fsp3) is 0.375. The van der Waals surface area contributed by atoms with Crippen molar-refractivity contribution in [1.29, 1.82) is 0 Å². The number of amides is 2. The van der Waals surface area contributed by atoms with E-state index in [1.165, 1.54) is 11.3 Å². The van der Waals surface area contributed by atoms with E-state index in [0.29, 0.717) is 23.8 Å². The number of thiazole rings is 1. The number of piperidine rings is 1. The monoisotopic (exact) mass is 602 g/mol. The van der Waals surface area contributed by atoms with Crippen LogP contribution in [-0.2, 0) is 11.3 Å². The SMILES string of the molecule is COc1ccc(-c2cnc(C(=O)Nc3cc(CN4CCC[C@H](NC(=O)OC(C)(C)C)C4)cc(-n4cnc(C)c4)c3)s2)cc1. The van der Waals surface area contributed by atoms with E-state index in [9.17, 15) is 9.59 Å². The number of anilines is 1. The second-order valence-electron chi connectivity index (χ2n) is 11.7. The molecule has 2 N–H and O–H groups in total. The minimum absolute atomic E-state index is 0.00653. The maximum atomic E-state index is 13.3. The molecule has 0 saturated carbocycles. The van der Waals surface area contributed by atoms with Crippen LogP contribution in [0.5, 0.6) is 5.75 Å². The van der Waals surface area contributed by atoms with Crippen LogP contribution < -0.4 is 15.4 Å². The normalized spacial score (nSPS) is 15.6. The van der Waals surface area contributed by atoms with Crippen molar-refractivity contribution < 1.29 is 19.1 Å². The quantitative estimate of drug-likeness (QED) is 0.252. The molecule has 0 bridgehead atoms. The van der Waals surface area contributed by atoms with Crippen LogP contribution in [0.25, 0.3) is 16.1 Å². The first-order chi connectivity index (χ1) is 20.5. The highest BCUT2D eigenvalue weighted by atomic mass is 32.1. The number of nitrogens with zero attached hydrogens (tertiary/aromatic N) is 4. The van der Waals surface area contributed by atoms with E-state index in [1.807, 2.05) is 74.9 Å². The number of rotatable bonds is 8. The number of methoxy groups -OCH3 is 1. The lowest BCUT2D eigenvalue weighted by molar-refractivity contribution is 0.0470. The summed E-state index contributed by atoms with van der Waals surface area (Å²) in [7, 11) is 1.63. The van der Waals surface area contributed by atoms with Gasteiger partial charge in [-0.15, -0.1) is 11.3 Å². The summed E-state index contributed by atoms with van der Waals surface area (Å²) in [4.78, 5) is 37.6. The van der Waals surface area contributed by atoms with Crippen LogP contribution in [0.15, 0.2) is 61.2 Å². The van der Waals surface area contributed by atoms with Crippen LogP contribution in [-0.4, -0.2) is 63.3 Å². The zero-order valence-electron chi connectivity index (χ0n) is 25.2. The number of alkyl carbamates (subject to hydrolysis) is 1. The number of likely N-dealkylation sites (tertiary alicyclic amines) is 1. The van der Waals surface area contributed by atoms with Crippen LogP contribution in [0.1, 0.15) is 54.7 Å². The lowest BCUT2D eigenvalue weighted by atomic mass is 10.0. The Labute approximate surface area is 256 Å². The van der Waals surface area contributed by atoms with Gasteiger partial charge in [0.1, 0.15) is 11.4 Å². The molecule has 1 aliphatic heterocycles. The minimum atomic E-state index is -0.540. The Morgan fingerprint density at radius 2 is 1.91 bits per heavy atom. The minimum Gasteiger partial charge on any atom is -0.497 e. The van der Waals surface area contributed by atoms with Crippen molar-refractivity contribution >= 4 is 29.0 Å². The zero-order chi connectivity index (χ0) is 30.6. The smallest absolute Gasteiger partial charge is 0.407 e. The van der Waals surface area contributed by atoms with Crippen LogP contribution in [0.2, 0.25) is 0 Å². The molecule has 226 valence electrons. The molecule has 2 aromatic heterocycles. The van der Waals surface area contributed by atoms with Gasteiger partial charge in [0.05, 0.1) is 24.0 Å². The van der Waals surface area contributed by atoms with Gasteiger partial charge in [0, 0.05) is 42.9 Å². The van der Waals surface area contributed by atoms with E-state index in [2.05, 4.69) is 31.6 Å². The third kappa shape index (κ3) is 8.20. The fourth-order valence-corrected chi connectivity index (χ4v) is 5.87. The van der Waals surface area contributed by atoms with Crippen molar-refractivity contribution in [3.8, 4) is 21.9 Å². The van der Waals surface area contributed by atoms with Gasteiger partial charge in [-0.25, -0.2) is 14.8 Å². The summed E-state index contributed by atoms with van der Waals surface area (Å²) in [6.07, 6.45) is 6.91. The summed E-state index contributed by atoms with van der Waals surface area (Å²) in [6.45, 7) is 9.81. The molecule has 0 unspecified atom stereocenters. The van der Waals surface area contributed by atoms with Crippen molar-refractivity contribution in [3.05, 3.63) is 77.5 Å². The van der Waals surface area contributed by atoms with Crippen LogP contribution in [0, 0.1) is 6.92 Å². The number of ether oxygens (including phenoxy) is 2. The summed E-state index contributed by atoms with van der Waals surface area (Å²) < 4.78 is 12.7. The van der Waals surface area contributed by atoms with E-state index in [-0.39, 0.29) is 18.0 Å². The molecule has 0 radical (unpaired) electrons. The highest BCUT2D eigenvalue weighted by molar-refractivity contribution is 7.17. The predicted molar refractivity (Wildman–Crippen MR) is 168 cm³/mol. The Kier molecular flexibility index (Phi) is 9.12. The molecule has 1 fully saturated rings. The summed E-state index contributed by atoms with van der Waals surface area (Å²) in [5.74, 6) is 0.503. The van der Waals surface area contributed by atoms with Crippen molar-refractivity contribution in [2.75, 3.05) is 25.5 Å². The topological polar surface area (TPSA) is 111 Å². The standard InChI is InChI=1S/C32H38N6O4S/c1-21-17-38(20-34-21)26-14-22(18-37-12-6-7-24(19-37)36-31(40)42-32(2,3)4)13-25(15-26)35-29(39)30-33-16-28(43-30)23-8-10-27(41-5)11-9-23/h8-11,13-17,20,24H,6-7,12,18-19H2,1-5H3,(H,35,39)(H,36,40)/t24-/m0/s1. The van der Waals surface area contributed by atoms with Gasteiger partial charge in [-0.1, -0.05) is 0 Å². The molecule has 43 heavy (non-hydrogen) atoms. The third-order valence-corrected chi connectivity index (χ3v) is 8.00. The molecule has 1 aliphatic rings. The van der Waals surface area contributed by atoms with E-state index >= 15 is 0 Å². The number of imidazole rings is 1. The van der Waals surface area contributed by atoms with Crippen molar-refractivity contribution in [2.45, 2.75) is 58.7 Å². The van der Waals surface area contributed by atoms with Gasteiger partial charge in [-0.3, -0.25) is 9.69 Å². The van der Waals surface area contributed by atoms with Gasteiger partial charge >= 0.3 is 6.09 Å². The van der Waals surface area contributed by atoms with E-state index in [1.54, 1.807) is 19.6 Å². The number of benzene rings is 2. The van der Waals surface area contributed by atoms with Crippen LogP contribution in [0.4, 0.5) is 10.5 Å². The summed E-state index contributed by atoms with van der Waals surface area (Å²) in [5.41, 5.74) is 3.93. The Bertz CT molecular complexity index is 1570. The molecule has 0 spiro atoms. The molecule has 0 aliphatic carbocycles. The first-order valence-electron chi connectivity index (χ1n) is 14.3. The maximum absolute atomic E-state index is 13.3. The number of aromatic nitrogens is 3. The molecular weight excluding hydrogens is 564 g/mol. The lowest BCUT2D eigenvalue weighted by Crippen LogP contribution is -2.48. The Hall–Kier alpha value is -4.22. The van der Waals surface area contributed by atoms with Gasteiger partial charge in [-0.05, 0) is 101 Å². The Morgan fingerprint density at radius 1 is 1.12 bits per heavy atom. The van der Waals surface area contributed by atoms with E-state index in [0.717, 1.165) is 52.5 Å². The number of carbonyl (C=O) groups is 2. The van der Waals surface area contributed by atoms with Gasteiger partial charge in [0.15, 0.2) is 5.01 Å². The Morgan fingerprint density at radius 3 is 2.60 bits per heavy atom. The number of aryl methyl sites for hydroxylation is 1. The molecule has 2 amide bonds. The van der Waals surface area contributed by atoms with Gasteiger partial charge in [0.2, 0.25) is 0 Å². The molecule has 5 rings (SSSR count). The largest absolute Gasteiger partial charge is 0.497 e. The molecule has 4 aromatic rings. The van der Waals surface area contributed by atoms with Crippen LogP contribution in [0.3, 0.4) is 0 Å². The second-order valence-corrected chi connectivity index (χ2v) is 12.8. The average molecular weight is 603 g/mol. The van der Waals surface area contributed by atoms with Crippen LogP contribution >= 0.6 is 11.3 Å². The van der Waals surface area contributed by atoms with Crippen molar-refractivity contribution in [1.82, 2.24) is 24.8 Å². The predicted octanol–water partition coefficient (Wildman–Crippen LogP) is 6.05. The van der Waals surface area contributed by atoms with Gasteiger partial charge in [-0.2, -0.15) is 0 Å². The maximum Gasteiger partial charge on any atom is 0.407 e. The van der Waals surface area contributed by atoms with E-state index < -0.39 is 5.60 Å². The number of nitrogens with one attached hydrogen (secondary N) is 2. The zero-order valence-corrected chi connectivity index (χ0v) is 26.0. The second kappa shape index (κ2) is 13.0. The third-order valence-electron chi connectivity index (χ3n) is 6.95. The highest BCUT2D eigenvalue weighted by Gasteiger charge is 2.24. The molecule has 1 saturated heterocycles. The summed E-state index contributed by atoms with van der Waals surface area (Å²) in [5, 5.41) is 6.46. The fourth-order valence-electron chi connectivity index (χ4n) is 5.05. The number of carbonyl (C=O) groups excluding carboxylic acids is 2. The molecule has 3 heterocycles. The van der Waals surface area contributed by atoms with E-state index in [4.69, 9.17) is 9.47 Å². The molecule has 1 atom stereocenters.